The molecule has 2 bridgehead atoms. The van der Waals surface area contributed by atoms with E-state index in [-0.39, 0.29) is 5.31 Å². The number of rotatable bonds is 2. The molecule has 0 aromatic heterocycles. The van der Waals surface area contributed by atoms with Gasteiger partial charge in [0.2, 0.25) is 0 Å². The summed E-state index contributed by atoms with van der Waals surface area (Å²) in [5.74, 6) is 0. The maximum Gasteiger partial charge on any atom is 0.458 e. The zero-order chi connectivity index (χ0) is 7.41. The highest BCUT2D eigenvalue weighted by Gasteiger charge is 2.71. The lowest BCUT2D eigenvalue weighted by molar-refractivity contribution is -0.110. The molecule has 3 aliphatic rings. The summed E-state index contributed by atoms with van der Waals surface area (Å²) in [6.07, 6.45) is 4.36. The van der Waals surface area contributed by atoms with Gasteiger partial charge in [-0.2, -0.15) is 0 Å². The van der Waals surface area contributed by atoms with Crippen LogP contribution >= 0.6 is 0 Å². The predicted molar refractivity (Wildman–Crippen MR) is 39.5 cm³/mol. The summed E-state index contributed by atoms with van der Waals surface area (Å²) in [6, 6.07) is 0. The van der Waals surface area contributed by atoms with Gasteiger partial charge in [0.15, 0.2) is 0 Å². The first kappa shape index (κ1) is 6.68. The lowest BCUT2D eigenvalue weighted by atomic mass is 9.24. The van der Waals surface area contributed by atoms with Crippen LogP contribution in [0.3, 0.4) is 0 Å². The Kier molecular flexibility index (Phi) is 1.06. The SMILES string of the molecule is CCC12CC(B(O)O)(C1)C2. The van der Waals surface area contributed by atoms with Crippen molar-refractivity contribution in [2.45, 2.75) is 37.9 Å². The second-order valence-corrected chi connectivity index (χ2v) is 4.12. The van der Waals surface area contributed by atoms with Gasteiger partial charge < -0.3 is 10.0 Å². The molecule has 2 nitrogen and oxygen atoms in total. The molecule has 3 saturated carbocycles. The van der Waals surface area contributed by atoms with E-state index in [1.807, 2.05) is 0 Å². The fourth-order valence-electron chi connectivity index (χ4n) is 2.73. The lowest BCUT2D eigenvalue weighted by Gasteiger charge is -2.70. The van der Waals surface area contributed by atoms with Crippen LogP contribution in [0.2, 0.25) is 5.31 Å². The Morgan fingerprint density at radius 1 is 1.30 bits per heavy atom. The minimum absolute atomic E-state index is 0.0595. The molecule has 0 radical (unpaired) electrons. The molecule has 0 aromatic rings. The third-order valence-electron chi connectivity index (χ3n) is 3.48. The van der Waals surface area contributed by atoms with E-state index in [2.05, 4.69) is 6.92 Å². The van der Waals surface area contributed by atoms with Crippen LogP contribution in [0.25, 0.3) is 0 Å². The van der Waals surface area contributed by atoms with Crippen LogP contribution in [0.1, 0.15) is 32.6 Å². The fourth-order valence-corrected chi connectivity index (χ4v) is 2.73. The monoisotopic (exact) mass is 140 g/mol. The summed E-state index contributed by atoms with van der Waals surface area (Å²) in [5, 5.41) is 17.8. The quantitative estimate of drug-likeness (QED) is 0.556. The van der Waals surface area contributed by atoms with Gasteiger partial charge in [-0.1, -0.05) is 13.3 Å². The zero-order valence-electron chi connectivity index (χ0n) is 6.30. The Morgan fingerprint density at radius 2 is 1.80 bits per heavy atom. The molecule has 0 saturated heterocycles. The van der Waals surface area contributed by atoms with Crippen molar-refractivity contribution < 1.29 is 10.0 Å². The molecule has 0 amide bonds. The third-order valence-corrected chi connectivity index (χ3v) is 3.48. The van der Waals surface area contributed by atoms with E-state index in [9.17, 15) is 0 Å². The van der Waals surface area contributed by atoms with Gasteiger partial charge in [-0.15, -0.1) is 0 Å². The lowest BCUT2D eigenvalue weighted by Crippen LogP contribution is -2.62. The van der Waals surface area contributed by atoms with E-state index in [0.717, 1.165) is 19.3 Å². The zero-order valence-corrected chi connectivity index (χ0v) is 6.30. The van der Waals surface area contributed by atoms with Crippen LogP contribution in [-0.2, 0) is 0 Å². The molecular weight excluding hydrogens is 127 g/mol. The molecule has 0 heterocycles. The second kappa shape index (κ2) is 1.59. The summed E-state index contributed by atoms with van der Waals surface area (Å²) < 4.78 is 0. The molecule has 0 aromatic carbocycles. The summed E-state index contributed by atoms with van der Waals surface area (Å²) in [4.78, 5) is 0. The maximum absolute atomic E-state index is 8.93. The Bertz CT molecular complexity index is 147. The first-order valence-corrected chi connectivity index (χ1v) is 3.99. The van der Waals surface area contributed by atoms with E-state index in [1.165, 1.54) is 6.42 Å². The van der Waals surface area contributed by atoms with Crippen molar-refractivity contribution in [1.82, 2.24) is 0 Å². The average molecular weight is 140 g/mol. The molecule has 0 atom stereocenters. The highest BCUT2D eigenvalue weighted by molar-refractivity contribution is 6.46. The first-order valence-electron chi connectivity index (χ1n) is 3.99. The first-order chi connectivity index (χ1) is 4.63. The van der Waals surface area contributed by atoms with Crippen molar-refractivity contribution in [1.29, 1.82) is 0 Å². The minimum Gasteiger partial charge on any atom is -0.427 e. The maximum atomic E-state index is 8.93. The summed E-state index contributed by atoms with van der Waals surface area (Å²) in [5.41, 5.74) is 0.531. The van der Waals surface area contributed by atoms with E-state index in [1.54, 1.807) is 0 Å². The van der Waals surface area contributed by atoms with Gasteiger partial charge in [0.1, 0.15) is 0 Å². The molecule has 3 rings (SSSR count). The van der Waals surface area contributed by atoms with Crippen LogP contribution in [0.4, 0.5) is 0 Å². The van der Waals surface area contributed by atoms with Gasteiger partial charge in [0.05, 0.1) is 0 Å². The summed E-state index contributed by atoms with van der Waals surface area (Å²) in [6.45, 7) is 2.19. The molecule has 3 heteroatoms. The summed E-state index contributed by atoms with van der Waals surface area (Å²) in [7, 11) is -1.05. The van der Waals surface area contributed by atoms with E-state index < -0.39 is 7.12 Å². The van der Waals surface area contributed by atoms with Crippen LogP contribution < -0.4 is 0 Å². The van der Waals surface area contributed by atoms with Crippen LogP contribution in [0.5, 0.6) is 0 Å². The van der Waals surface area contributed by atoms with E-state index >= 15 is 0 Å². The smallest absolute Gasteiger partial charge is 0.427 e. The van der Waals surface area contributed by atoms with Gasteiger partial charge in [0.25, 0.3) is 0 Å². The van der Waals surface area contributed by atoms with Gasteiger partial charge >= 0.3 is 7.12 Å². The van der Waals surface area contributed by atoms with Gasteiger partial charge in [-0.25, -0.2) is 0 Å². The Balaban J connectivity index is 1.98. The van der Waals surface area contributed by atoms with Gasteiger partial charge in [-0.05, 0) is 24.7 Å². The highest BCUT2D eigenvalue weighted by atomic mass is 16.4. The van der Waals surface area contributed by atoms with Crippen molar-refractivity contribution in [3.63, 3.8) is 0 Å². The van der Waals surface area contributed by atoms with Crippen molar-refractivity contribution >= 4 is 7.12 Å². The minimum atomic E-state index is -1.05. The van der Waals surface area contributed by atoms with Crippen LogP contribution in [0, 0.1) is 5.41 Å². The molecule has 10 heavy (non-hydrogen) atoms. The Morgan fingerprint density at radius 3 is 2.10 bits per heavy atom. The van der Waals surface area contributed by atoms with Gasteiger partial charge in [0, 0.05) is 5.31 Å². The normalized spacial score (nSPS) is 49.5. The summed E-state index contributed by atoms with van der Waals surface area (Å²) >= 11 is 0. The molecule has 2 N–H and O–H groups in total. The molecule has 0 unspecified atom stereocenters. The molecule has 3 fully saturated rings. The topological polar surface area (TPSA) is 40.5 Å². The highest BCUT2D eigenvalue weighted by Crippen LogP contribution is 2.80. The van der Waals surface area contributed by atoms with Crippen molar-refractivity contribution in [2.24, 2.45) is 5.41 Å². The fraction of sp³-hybridized carbons (Fsp3) is 1.00. The van der Waals surface area contributed by atoms with Gasteiger partial charge in [-0.3, -0.25) is 0 Å². The van der Waals surface area contributed by atoms with Crippen LogP contribution in [-0.4, -0.2) is 17.2 Å². The molecule has 3 aliphatic carbocycles. The number of hydrogen-bond donors (Lipinski definition) is 2. The van der Waals surface area contributed by atoms with Crippen molar-refractivity contribution in [3.05, 3.63) is 0 Å². The third kappa shape index (κ3) is 0.535. The Labute approximate surface area is 61.4 Å². The Hall–Kier alpha value is -0.0151. The molecule has 0 aliphatic heterocycles. The molecular formula is C7H13BO2. The van der Waals surface area contributed by atoms with Crippen molar-refractivity contribution in [3.8, 4) is 0 Å². The standard InChI is InChI=1S/C7H13BO2/c1-2-6-3-7(4-6,5-6)8(9)10/h9-10H,2-5H2,1H3. The largest absolute Gasteiger partial charge is 0.458 e. The predicted octanol–water partition coefficient (Wildman–Crippen LogP) is 0.793. The van der Waals surface area contributed by atoms with E-state index in [0.29, 0.717) is 5.41 Å². The molecule has 56 valence electrons. The average Bonchev–Trinajstić information content (AvgIpc) is 1.57. The van der Waals surface area contributed by atoms with E-state index in [4.69, 9.17) is 10.0 Å². The second-order valence-electron chi connectivity index (χ2n) is 4.12. The van der Waals surface area contributed by atoms with Crippen molar-refractivity contribution in [2.75, 3.05) is 0 Å². The molecule has 0 spiro atoms. The van der Waals surface area contributed by atoms with Crippen LogP contribution in [0.15, 0.2) is 0 Å². The number of hydrogen-bond acceptors (Lipinski definition) is 2.